The molecule has 0 aliphatic heterocycles. The van der Waals surface area contributed by atoms with E-state index in [0.29, 0.717) is 0 Å². The van der Waals surface area contributed by atoms with E-state index in [-0.39, 0.29) is 0 Å². The van der Waals surface area contributed by atoms with Crippen LogP contribution in [0.2, 0.25) is 0 Å². The largest absolute Gasteiger partial charge is 0.244 e. The second-order valence-electron chi connectivity index (χ2n) is 2.26. The van der Waals surface area contributed by atoms with Crippen LogP contribution in [0.15, 0.2) is 21.0 Å². The highest BCUT2D eigenvalue weighted by Crippen LogP contribution is 2.20. The van der Waals surface area contributed by atoms with Gasteiger partial charge in [-0.05, 0) is 28.1 Å². The Morgan fingerprint density at radius 3 is 2.77 bits per heavy atom. The van der Waals surface area contributed by atoms with E-state index in [1.165, 1.54) is 17.6 Å². The molecule has 1 aromatic heterocycles. The number of nitrogens with one attached hydrogen (secondary N) is 1. The van der Waals surface area contributed by atoms with Gasteiger partial charge < -0.3 is 0 Å². The van der Waals surface area contributed by atoms with E-state index in [0.717, 1.165) is 14.9 Å². The molecule has 72 valence electrons. The minimum atomic E-state index is -3.24. The van der Waals surface area contributed by atoms with Crippen LogP contribution in [0.5, 0.6) is 0 Å². The van der Waals surface area contributed by atoms with Crippen LogP contribution < -0.4 is 4.83 Å². The molecule has 0 spiro atoms. The second-order valence-corrected chi connectivity index (χ2v) is 6.49. The average Bonchev–Trinajstić information content (AvgIpc) is 2.33. The van der Waals surface area contributed by atoms with Gasteiger partial charge in [0.15, 0.2) is 0 Å². The number of hydrogen-bond donors (Lipinski definition) is 1. The van der Waals surface area contributed by atoms with Crippen molar-refractivity contribution in [2.24, 2.45) is 5.10 Å². The highest BCUT2D eigenvalue weighted by atomic mass is 79.9. The molecule has 13 heavy (non-hydrogen) atoms. The van der Waals surface area contributed by atoms with Crippen LogP contribution in [-0.4, -0.2) is 20.9 Å². The Hall–Kier alpha value is -0.400. The highest BCUT2D eigenvalue weighted by molar-refractivity contribution is 9.11. The van der Waals surface area contributed by atoms with Crippen LogP contribution in [0.3, 0.4) is 0 Å². The van der Waals surface area contributed by atoms with Crippen molar-refractivity contribution in [1.29, 1.82) is 0 Å². The zero-order chi connectivity index (χ0) is 9.90. The van der Waals surface area contributed by atoms with E-state index in [1.807, 2.05) is 17.0 Å². The summed E-state index contributed by atoms with van der Waals surface area (Å²) in [5.74, 6) is 0. The molecule has 0 bridgehead atoms. The maximum Gasteiger partial charge on any atom is 0.244 e. The van der Waals surface area contributed by atoms with Gasteiger partial charge >= 0.3 is 0 Å². The zero-order valence-electron chi connectivity index (χ0n) is 6.69. The van der Waals surface area contributed by atoms with Gasteiger partial charge in [-0.1, -0.05) is 0 Å². The Labute approximate surface area is 88.8 Å². The summed E-state index contributed by atoms with van der Waals surface area (Å²) in [7, 11) is -3.24. The van der Waals surface area contributed by atoms with Gasteiger partial charge in [0.2, 0.25) is 10.0 Å². The summed E-state index contributed by atoms with van der Waals surface area (Å²) in [6.07, 6.45) is 2.51. The second kappa shape index (κ2) is 4.21. The summed E-state index contributed by atoms with van der Waals surface area (Å²) in [6, 6.07) is 3.70. The van der Waals surface area contributed by atoms with Crippen molar-refractivity contribution in [2.75, 3.05) is 6.26 Å². The average molecular weight is 283 g/mol. The number of halogens is 1. The summed E-state index contributed by atoms with van der Waals surface area (Å²) in [5, 5.41) is 3.55. The smallest absolute Gasteiger partial charge is 0.206 e. The van der Waals surface area contributed by atoms with E-state index in [9.17, 15) is 8.42 Å². The molecule has 0 unspecified atom stereocenters. The SMILES string of the molecule is CS(=O)(=O)N/N=C/c1ccc(Br)s1. The fraction of sp³-hybridized carbons (Fsp3) is 0.167. The molecular formula is C6H7BrN2O2S2. The Kier molecular flexibility index (Phi) is 3.46. The van der Waals surface area contributed by atoms with E-state index < -0.39 is 10.0 Å². The van der Waals surface area contributed by atoms with Gasteiger partial charge in [-0.3, -0.25) is 0 Å². The van der Waals surface area contributed by atoms with Crippen LogP contribution in [0.25, 0.3) is 0 Å². The van der Waals surface area contributed by atoms with Gasteiger partial charge in [0.25, 0.3) is 0 Å². The van der Waals surface area contributed by atoms with Crippen molar-refractivity contribution in [3.63, 3.8) is 0 Å². The van der Waals surface area contributed by atoms with Crippen LogP contribution in [0.1, 0.15) is 4.88 Å². The van der Waals surface area contributed by atoms with Crippen LogP contribution >= 0.6 is 27.3 Å². The lowest BCUT2D eigenvalue weighted by molar-refractivity contribution is 0.591. The van der Waals surface area contributed by atoms with Crippen molar-refractivity contribution < 1.29 is 8.42 Å². The molecule has 1 N–H and O–H groups in total. The third-order valence-electron chi connectivity index (χ3n) is 1.00. The predicted octanol–water partition coefficient (Wildman–Crippen LogP) is 1.39. The summed E-state index contributed by atoms with van der Waals surface area (Å²) < 4.78 is 22.2. The fourth-order valence-electron chi connectivity index (χ4n) is 0.583. The van der Waals surface area contributed by atoms with Gasteiger partial charge in [-0.2, -0.15) is 5.10 Å². The maximum absolute atomic E-state index is 10.6. The molecule has 0 amide bonds. The molecular weight excluding hydrogens is 276 g/mol. The first-order valence-electron chi connectivity index (χ1n) is 3.22. The van der Waals surface area contributed by atoms with Crippen LogP contribution in [-0.2, 0) is 10.0 Å². The van der Waals surface area contributed by atoms with Crippen molar-refractivity contribution in [3.05, 3.63) is 20.8 Å². The molecule has 7 heteroatoms. The van der Waals surface area contributed by atoms with Gasteiger partial charge in [-0.25, -0.2) is 13.2 Å². The molecule has 1 heterocycles. The maximum atomic E-state index is 10.6. The first-order valence-corrected chi connectivity index (χ1v) is 6.73. The molecule has 1 rings (SSSR count). The van der Waals surface area contributed by atoms with Crippen LogP contribution in [0.4, 0.5) is 0 Å². The summed E-state index contributed by atoms with van der Waals surface area (Å²) >= 11 is 4.75. The van der Waals surface area contributed by atoms with E-state index in [1.54, 1.807) is 0 Å². The molecule has 4 nitrogen and oxygen atoms in total. The number of nitrogens with zero attached hydrogens (tertiary/aromatic N) is 1. The normalized spacial score (nSPS) is 12.2. The predicted molar refractivity (Wildman–Crippen MR) is 57.6 cm³/mol. The highest BCUT2D eigenvalue weighted by Gasteiger charge is 1.96. The molecule has 0 aliphatic rings. The van der Waals surface area contributed by atoms with E-state index in [2.05, 4.69) is 21.0 Å². The van der Waals surface area contributed by atoms with Gasteiger partial charge in [-0.15, -0.1) is 11.3 Å². The first kappa shape index (κ1) is 10.7. The Balaban J connectivity index is 2.60. The minimum Gasteiger partial charge on any atom is -0.206 e. The molecule has 0 aliphatic carbocycles. The lowest BCUT2D eigenvalue weighted by Gasteiger charge is -1.92. The number of hydrogen-bond acceptors (Lipinski definition) is 4. The summed E-state index contributed by atoms with van der Waals surface area (Å²) in [5.41, 5.74) is 0. The molecule has 0 fully saturated rings. The van der Waals surface area contributed by atoms with E-state index in [4.69, 9.17) is 0 Å². The quantitative estimate of drug-likeness (QED) is 0.673. The fourth-order valence-corrected chi connectivity index (χ4v) is 2.12. The lowest BCUT2D eigenvalue weighted by Crippen LogP contribution is -2.15. The Morgan fingerprint density at radius 2 is 2.31 bits per heavy atom. The van der Waals surface area contributed by atoms with Crippen molar-refractivity contribution in [2.45, 2.75) is 0 Å². The van der Waals surface area contributed by atoms with Crippen LogP contribution in [0, 0.1) is 0 Å². The van der Waals surface area contributed by atoms with Gasteiger partial charge in [0.1, 0.15) is 0 Å². The first-order chi connectivity index (χ1) is 5.97. The van der Waals surface area contributed by atoms with Crippen molar-refractivity contribution >= 4 is 43.5 Å². The zero-order valence-corrected chi connectivity index (χ0v) is 9.91. The molecule has 0 atom stereocenters. The Bertz CT molecular complexity index is 410. The van der Waals surface area contributed by atoms with Crippen molar-refractivity contribution in [3.8, 4) is 0 Å². The monoisotopic (exact) mass is 282 g/mol. The van der Waals surface area contributed by atoms with Crippen molar-refractivity contribution in [1.82, 2.24) is 4.83 Å². The number of sulfonamides is 1. The summed E-state index contributed by atoms with van der Waals surface area (Å²) in [4.78, 5) is 2.89. The minimum absolute atomic E-state index is 0.878. The summed E-state index contributed by atoms with van der Waals surface area (Å²) in [6.45, 7) is 0. The third kappa shape index (κ3) is 4.39. The molecule has 0 radical (unpaired) electrons. The molecule has 0 aromatic carbocycles. The number of thiophene rings is 1. The lowest BCUT2D eigenvalue weighted by atomic mass is 10.5. The number of hydrazone groups is 1. The standard InChI is InChI=1S/C6H7BrN2O2S2/c1-13(10,11)9-8-4-5-2-3-6(7)12-5/h2-4,9H,1H3/b8-4+. The van der Waals surface area contributed by atoms with Gasteiger partial charge in [0, 0.05) is 4.88 Å². The molecule has 0 saturated carbocycles. The number of rotatable bonds is 3. The third-order valence-corrected chi connectivity index (χ3v) is 3.00. The van der Waals surface area contributed by atoms with Gasteiger partial charge in [0.05, 0.1) is 16.3 Å². The topological polar surface area (TPSA) is 58.5 Å². The van der Waals surface area contributed by atoms with E-state index >= 15 is 0 Å². The molecule has 0 saturated heterocycles. The molecule has 1 aromatic rings. The Morgan fingerprint density at radius 1 is 1.62 bits per heavy atom.